The van der Waals surface area contributed by atoms with Crippen molar-refractivity contribution < 1.29 is 27.4 Å². The molecule has 9 heteroatoms. The van der Waals surface area contributed by atoms with E-state index in [-0.39, 0.29) is 23.2 Å². The van der Waals surface area contributed by atoms with Crippen LogP contribution in [-0.2, 0) is 14.8 Å². The Morgan fingerprint density at radius 2 is 1.89 bits per heavy atom. The Labute approximate surface area is 163 Å². The van der Waals surface area contributed by atoms with Gasteiger partial charge in [-0.25, -0.2) is 13.1 Å². The van der Waals surface area contributed by atoms with Gasteiger partial charge in [-0.05, 0) is 18.2 Å². The molecule has 2 aromatic rings. The van der Waals surface area contributed by atoms with Gasteiger partial charge in [-0.15, -0.1) is 0 Å². The Hall–Kier alpha value is -2.78. The van der Waals surface area contributed by atoms with Gasteiger partial charge in [0, 0.05) is 18.1 Å². The van der Waals surface area contributed by atoms with E-state index in [9.17, 15) is 13.2 Å². The molecule has 8 nitrogen and oxygen atoms in total. The number of ether oxygens (including phenoxy) is 3. The number of rotatable bonds is 7. The van der Waals surface area contributed by atoms with Gasteiger partial charge in [-0.1, -0.05) is 18.2 Å². The maximum Gasteiger partial charge on any atom is 0.241 e. The van der Waals surface area contributed by atoms with Crippen LogP contribution in [0.1, 0.15) is 18.0 Å². The van der Waals surface area contributed by atoms with Gasteiger partial charge in [-0.3, -0.25) is 4.79 Å². The van der Waals surface area contributed by atoms with Gasteiger partial charge in [0.05, 0.1) is 38.3 Å². The Morgan fingerprint density at radius 3 is 2.64 bits per heavy atom. The highest BCUT2D eigenvalue weighted by Gasteiger charge is 2.24. The zero-order chi connectivity index (χ0) is 20.1. The van der Waals surface area contributed by atoms with Crippen molar-refractivity contribution in [3.8, 4) is 17.2 Å². The summed E-state index contributed by atoms with van der Waals surface area (Å²) in [6.07, 6.45) is 0.616. The molecule has 150 valence electrons. The van der Waals surface area contributed by atoms with Gasteiger partial charge in [0.25, 0.3) is 0 Å². The largest absolute Gasteiger partial charge is 0.493 e. The third kappa shape index (κ3) is 4.37. The molecule has 0 unspecified atom stereocenters. The van der Waals surface area contributed by atoms with Crippen LogP contribution in [0.3, 0.4) is 0 Å². The second kappa shape index (κ2) is 8.49. The third-order valence-corrected chi connectivity index (χ3v) is 5.78. The first-order chi connectivity index (χ1) is 13.4. The molecule has 3 rings (SSSR count). The summed E-state index contributed by atoms with van der Waals surface area (Å²) in [5, 5.41) is 2.85. The number of fused-ring (bicyclic) bond motifs is 1. The van der Waals surface area contributed by atoms with Crippen molar-refractivity contribution >= 4 is 15.9 Å². The van der Waals surface area contributed by atoms with Crippen molar-refractivity contribution in [1.82, 2.24) is 10.0 Å². The van der Waals surface area contributed by atoms with Crippen LogP contribution in [0.5, 0.6) is 17.2 Å². The van der Waals surface area contributed by atoms with Crippen LogP contribution in [0.15, 0.2) is 47.4 Å². The van der Waals surface area contributed by atoms with Gasteiger partial charge in [0.1, 0.15) is 5.75 Å². The fourth-order valence-corrected chi connectivity index (χ4v) is 3.96. The van der Waals surface area contributed by atoms with Crippen molar-refractivity contribution in [3.05, 3.63) is 48.0 Å². The summed E-state index contributed by atoms with van der Waals surface area (Å²) in [5.74, 6) is 1.00. The number of carbonyl (C=O) groups is 1. The number of carbonyl (C=O) groups excluding carboxylic acids is 1. The van der Waals surface area contributed by atoms with Gasteiger partial charge in [0.2, 0.25) is 15.9 Å². The van der Waals surface area contributed by atoms with E-state index in [0.717, 1.165) is 11.3 Å². The van der Waals surface area contributed by atoms with Crippen LogP contribution >= 0.6 is 0 Å². The first kappa shape index (κ1) is 20.0. The lowest BCUT2D eigenvalue weighted by molar-refractivity contribution is -0.120. The fraction of sp³-hybridized carbons (Fsp3) is 0.316. The molecule has 1 aliphatic rings. The van der Waals surface area contributed by atoms with Crippen molar-refractivity contribution in [2.75, 3.05) is 27.4 Å². The van der Waals surface area contributed by atoms with E-state index in [2.05, 4.69) is 10.0 Å². The molecular formula is C19H22N2O6S. The van der Waals surface area contributed by atoms with Gasteiger partial charge < -0.3 is 19.5 Å². The van der Waals surface area contributed by atoms with Crippen LogP contribution in [-0.4, -0.2) is 41.7 Å². The summed E-state index contributed by atoms with van der Waals surface area (Å²) >= 11 is 0. The molecule has 1 amide bonds. The summed E-state index contributed by atoms with van der Waals surface area (Å²) in [4.78, 5) is 12.3. The van der Waals surface area contributed by atoms with Crippen molar-refractivity contribution in [1.29, 1.82) is 0 Å². The van der Waals surface area contributed by atoms with Crippen LogP contribution in [0.4, 0.5) is 0 Å². The highest BCUT2D eigenvalue weighted by atomic mass is 32.2. The molecule has 2 aromatic carbocycles. The van der Waals surface area contributed by atoms with E-state index in [1.165, 1.54) is 32.4 Å². The van der Waals surface area contributed by atoms with E-state index in [1.54, 1.807) is 0 Å². The Morgan fingerprint density at radius 1 is 1.14 bits per heavy atom. The SMILES string of the molecule is COc1ccc(S(=O)(=O)NCC(=O)N[C@H]2CCOc3ccccc32)cc1OC. The van der Waals surface area contributed by atoms with Gasteiger partial charge in [0.15, 0.2) is 11.5 Å². The second-order valence-electron chi connectivity index (χ2n) is 6.14. The molecule has 0 radical (unpaired) electrons. The zero-order valence-electron chi connectivity index (χ0n) is 15.6. The maximum atomic E-state index is 12.5. The standard InChI is InChI=1S/C19H22N2O6S/c1-25-17-8-7-13(11-18(17)26-2)28(23,24)20-12-19(22)21-15-9-10-27-16-6-4-3-5-14(15)16/h3-8,11,15,20H,9-10,12H2,1-2H3,(H,21,22)/t15-/m0/s1. The highest BCUT2D eigenvalue weighted by molar-refractivity contribution is 7.89. The second-order valence-corrected chi connectivity index (χ2v) is 7.90. The minimum absolute atomic E-state index is 0.0191. The summed E-state index contributed by atoms with van der Waals surface area (Å²) in [6, 6.07) is 11.5. The fourth-order valence-electron chi connectivity index (χ4n) is 2.96. The monoisotopic (exact) mass is 406 g/mol. The quantitative estimate of drug-likeness (QED) is 0.724. The average Bonchev–Trinajstić information content (AvgIpc) is 2.72. The minimum atomic E-state index is -3.89. The molecule has 28 heavy (non-hydrogen) atoms. The number of methoxy groups -OCH3 is 2. The predicted octanol–water partition coefficient (Wildman–Crippen LogP) is 1.62. The smallest absolute Gasteiger partial charge is 0.241 e. The van der Waals surface area contributed by atoms with E-state index in [4.69, 9.17) is 14.2 Å². The Kier molecular flexibility index (Phi) is 6.05. The van der Waals surface area contributed by atoms with E-state index in [1.807, 2.05) is 24.3 Å². The van der Waals surface area contributed by atoms with E-state index in [0.29, 0.717) is 18.8 Å². The minimum Gasteiger partial charge on any atom is -0.493 e. The molecular weight excluding hydrogens is 384 g/mol. The number of amides is 1. The topological polar surface area (TPSA) is 103 Å². The van der Waals surface area contributed by atoms with Gasteiger partial charge in [-0.2, -0.15) is 0 Å². The molecule has 0 aromatic heterocycles. The molecule has 2 N–H and O–H groups in total. The van der Waals surface area contributed by atoms with Crippen LogP contribution in [0.25, 0.3) is 0 Å². The zero-order valence-corrected chi connectivity index (χ0v) is 16.4. The summed E-state index contributed by atoms with van der Waals surface area (Å²) in [7, 11) is -1.01. The molecule has 0 fully saturated rings. The van der Waals surface area contributed by atoms with Crippen molar-refractivity contribution in [3.63, 3.8) is 0 Å². The van der Waals surface area contributed by atoms with Crippen molar-refractivity contribution in [2.45, 2.75) is 17.4 Å². The predicted molar refractivity (Wildman–Crippen MR) is 102 cm³/mol. The lowest BCUT2D eigenvalue weighted by atomic mass is 10.0. The molecule has 0 saturated carbocycles. The molecule has 0 saturated heterocycles. The lowest BCUT2D eigenvalue weighted by Gasteiger charge is -2.26. The molecule has 0 aliphatic carbocycles. The first-order valence-electron chi connectivity index (χ1n) is 8.67. The molecule has 0 spiro atoms. The number of sulfonamides is 1. The molecule has 1 atom stereocenters. The number of nitrogens with one attached hydrogen (secondary N) is 2. The first-order valence-corrected chi connectivity index (χ1v) is 10.2. The van der Waals surface area contributed by atoms with E-state index >= 15 is 0 Å². The number of para-hydroxylation sites is 1. The maximum absolute atomic E-state index is 12.5. The number of benzene rings is 2. The van der Waals surface area contributed by atoms with Crippen LogP contribution in [0, 0.1) is 0 Å². The van der Waals surface area contributed by atoms with Crippen LogP contribution in [0.2, 0.25) is 0 Å². The van der Waals surface area contributed by atoms with Crippen molar-refractivity contribution in [2.24, 2.45) is 0 Å². The summed E-state index contributed by atoms with van der Waals surface area (Å²) in [5.41, 5.74) is 0.879. The summed E-state index contributed by atoms with van der Waals surface area (Å²) in [6.45, 7) is 0.107. The third-order valence-electron chi connectivity index (χ3n) is 4.38. The number of hydrogen-bond donors (Lipinski definition) is 2. The Bertz CT molecular complexity index is 961. The Balaban J connectivity index is 1.64. The van der Waals surface area contributed by atoms with Crippen LogP contribution < -0.4 is 24.2 Å². The molecule has 1 heterocycles. The summed E-state index contributed by atoms with van der Waals surface area (Å²) < 4.78 is 43.1. The molecule has 0 bridgehead atoms. The van der Waals surface area contributed by atoms with Gasteiger partial charge >= 0.3 is 0 Å². The lowest BCUT2D eigenvalue weighted by Crippen LogP contribution is -2.39. The highest BCUT2D eigenvalue weighted by Crippen LogP contribution is 2.31. The molecule has 1 aliphatic heterocycles. The average molecular weight is 406 g/mol. The number of hydrogen-bond acceptors (Lipinski definition) is 6. The normalized spacial score (nSPS) is 15.9. The van der Waals surface area contributed by atoms with E-state index < -0.39 is 15.9 Å².